The quantitative estimate of drug-likeness (QED) is 0.627. The van der Waals surface area contributed by atoms with Gasteiger partial charge >= 0.3 is 0 Å². The Hall–Kier alpha value is -2.42. The Morgan fingerprint density at radius 1 is 0.905 bits per heavy atom. The molecule has 0 unspecified atom stereocenters. The Morgan fingerprint density at radius 2 is 1.62 bits per heavy atom. The van der Waals surface area contributed by atoms with Crippen molar-refractivity contribution in [2.75, 3.05) is 0 Å². The third-order valence-electron chi connectivity index (χ3n) is 3.76. The number of para-hydroxylation sites is 1. The van der Waals surface area contributed by atoms with Gasteiger partial charge in [-0.25, -0.2) is 0 Å². The number of phenols is 1. The van der Waals surface area contributed by atoms with E-state index >= 15 is 0 Å². The number of rotatable bonds is 2. The first-order valence-electron chi connectivity index (χ1n) is 7.12. The van der Waals surface area contributed by atoms with Crippen LogP contribution in [0.5, 0.6) is 5.75 Å². The average molecular weight is 280 g/mol. The highest BCUT2D eigenvalue weighted by atomic mass is 16.3. The molecule has 3 heteroatoms. The molecule has 0 saturated carbocycles. The molecule has 0 aliphatic carbocycles. The lowest BCUT2D eigenvalue weighted by Crippen LogP contribution is -2.09. The summed E-state index contributed by atoms with van der Waals surface area (Å²) < 4.78 is 0. The number of benzene rings is 1. The summed E-state index contributed by atoms with van der Waals surface area (Å²) in [7, 11) is 0. The number of aromatic hydroxyl groups is 1. The Balaban J connectivity index is 2.08. The fourth-order valence-electron chi connectivity index (χ4n) is 2.46. The van der Waals surface area contributed by atoms with Crippen LogP contribution in [0.1, 0.15) is 26.3 Å². The molecule has 3 nitrogen and oxygen atoms in total. The van der Waals surface area contributed by atoms with Crippen LogP contribution in [-0.4, -0.2) is 15.1 Å². The van der Waals surface area contributed by atoms with Gasteiger partial charge in [0.25, 0.3) is 0 Å². The summed E-state index contributed by atoms with van der Waals surface area (Å²) in [6, 6.07) is 11.8. The van der Waals surface area contributed by atoms with Gasteiger partial charge in [-0.1, -0.05) is 26.8 Å². The highest BCUT2D eigenvalue weighted by Gasteiger charge is 2.18. The predicted octanol–water partition coefficient (Wildman–Crippen LogP) is 4.68. The molecule has 3 aromatic rings. The molecule has 3 rings (SSSR count). The van der Waals surface area contributed by atoms with Crippen molar-refractivity contribution < 1.29 is 5.11 Å². The van der Waals surface area contributed by atoms with Gasteiger partial charge in [-0.3, -0.25) is 0 Å². The molecule has 3 N–H and O–H groups in total. The van der Waals surface area contributed by atoms with E-state index in [0.29, 0.717) is 5.75 Å². The lowest BCUT2D eigenvalue weighted by atomic mass is 9.89. The van der Waals surface area contributed by atoms with Crippen LogP contribution in [0.4, 0.5) is 0 Å². The third-order valence-corrected chi connectivity index (χ3v) is 3.76. The SMILES string of the molecule is CC(C)(C)c1c[nH]c(-c2cccc(-c3ccc[nH]3)c2O)c1. The van der Waals surface area contributed by atoms with Crippen LogP contribution in [0.15, 0.2) is 48.8 Å². The van der Waals surface area contributed by atoms with Crippen LogP contribution >= 0.6 is 0 Å². The van der Waals surface area contributed by atoms with Crippen molar-refractivity contribution in [3.05, 3.63) is 54.4 Å². The lowest BCUT2D eigenvalue weighted by molar-refractivity contribution is 0.479. The summed E-state index contributed by atoms with van der Waals surface area (Å²) in [5.74, 6) is 0.294. The number of phenolic OH excluding ortho intramolecular Hbond substituents is 1. The Labute approximate surface area is 124 Å². The predicted molar refractivity (Wildman–Crippen MR) is 86.4 cm³/mol. The zero-order valence-corrected chi connectivity index (χ0v) is 12.6. The lowest BCUT2D eigenvalue weighted by Gasteiger charge is -2.15. The summed E-state index contributed by atoms with van der Waals surface area (Å²) in [5, 5.41) is 10.6. The molecule has 0 aliphatic heterocycles. The summed E-state index contributed by atoms with van der Waals surface area (Å²) in [6.45, 7) is 6.53. The van der Waals surface area contributed by atoms with E-state index in [1.54, 1.807) is 0 Å². The smallest absolute Gasteiger partial charge is 0.134 e. The van der Waals surface area contributed by atoms with E-state index < -0.39 is 0 Å². The summed E-state index contributed by atoms with van der Waals surface area (Å²) in [4.78, 5) is 6.40. The third kappa shape index (κ3) is 2.47. The van der Waals surface area contributed by atoms with Gasteiger partial charge < -0.3 is 15.1 Å². The van der Waals surface area contributed by atoms with E-state index in [2.05, 4.69) is 36.8 Å². The first-order chi connectivity index (χ1) is 9.97. The molecule has 0 fully saturated rings. The zero-order valence-electron chi connectivity index (χ0n) is 12.6. The Morgan fingerprint density at radius 3 is 2.19 bits per heavy atom. The van der Waals surface area contributed by atoms with E-state index in [4.69, 9.17) is 0 Å². The Bertz CT molecular complexity index is 746. The molecule has 0 atom stereocenters. The highest BCUT2D eigenvalue weighted by Crippen LogP contribution is 2.38. The molecule has 2 heterocycles. The summed E-state index contributed by atoms with van der Waals surface area (Å²) in [5.41, 5.74) is 4.79. The van der Waals surface area contributed by atoms with Crippen molar-refractivity contribution >= 4 is 0 Å². The molecular formula is C18H20N2O. The van der Waals surface area contributed by atoms with E-state index in [1.165, 1.54) is 5.56 Å². The van der Waals surface area contributed by atoms with Crippen LogP contribution in [0.2, 0.25) is 0 Å². The van der Waals surface area contributed by atoms with Crippen molar-refractivity contribution in [1.29, 1.82) is 0 Å². The molecule has 0 aliphatic rings. The number of aromatic nitrogens is 2. The largest absolute Gasteiger partial charge is 0.507 e. The van der Waals surface area contributed by atoms with Crippen LogP contribution < -0.4 is 0 Å². The molecule has 2 aromatic heterocycles. The van der Waals surface area contributed by atoms with Gasteiger partial charge in [0.2, 0.25) is 0 Å². The number of hydrogen-bond donors (Lipinski definition) is 3. The van der Waals surface area contributed by atoms with Gasteiger partial charge in [-0.05, 0) is 41.3 Å². The minimum absolute atomic E-state index is 0.0848. The molecule has 1 aromatic carbocycles. The average Bonchev–Trinajstić information content (AvgIpc) is 3.09. The minimum atomic E-state index is 0.0848. The fraction of sp³-hybridized carbons (Fsp3) is 0.222. The van der Waals surface area contributed by atoms with Gasteiger partial charge in [0.1, 0.15) is 5.75 Å². The number of nitrogens with one attached hydrogen (secondary N) is 2. The highest BCUT2D eigenvalue weighted by molar-refractivity contribution is 5.79. The van der Waals surface area contributed by atoms with Gasteiger partial charge in [0.15, 0.2) is 0 Å². The number of H-pyrrole nitrogens is 2. The second-order valence-corrected chi connectivity index (χ2v) is 6.34. The number of aromatic amines is 2. The van der Waals surface area contributed by atoms with Crippen LogP contribution in [0, 0.1) is 0 Å². The summed E-state index contributed by atoms with van der Waals surface area (Å²) >= 11 is 0. The maximum absolute atomic E-state index is 10.6. The van der Waals surface area contributed by atoms with Crippen LogP contribution in [0.25, 0.3) is 22.5 Å². The Kier molecular flexibility index (Phi) is 3.13. The molecular weight excluding hydrogens is 260 g/mol. The first kappa shape index (κ1) is 13.6. The topological polar surface area (TPSA) is 51.8 Å². The van der Waals surface area contributed by atoms with Gasteiger partial charge in [0.05, 0.1) is 0 Å². The molecule has 0 bridgehead atoms. The van der Waals surface area contributed by atoms with E-state index in [-0.39, 0.29) is 5.41 Å². The maximum atomic E-state index is 10.6. The van der Waals surface area contributed by atoms with Crippen molar-refractivity contribution in [2.24, 2.45) is 0 Å². The zero-order chi connectivity index (χ0) is 15.0. The second-order valence-electron chi connectivity index (χ2n) is 6.34. The van der Waals surface area contributed by atoms with Crippen molar-refractivity contribution in [1.82, 2.24) is 9.97 Å². The van der Waals surface area contributed by atoms with E-state index in [0.717, 1.165) is 22.5 Å². The van der Waals surface area contributed by atoms with Gasteiger partial charge in [-0.15, -0.1) is 0 Å². The monoisotopic (exact) mass is 280 g/mol. The van der Waals surface area contributed by atoms with Crippen molar-refractivity contribution in [3.63, 3.8) is 0 Å². The molecule has 108 valence electrons. The molecule has 21 heavy (non-hydrogen) atoms. The fourth-order valence-corrected chi connectivity index (χ4v) is 2.46. The normalized spacial score (nSPS) is 11.8. The molecule has 0 amide bonds. The van der Waals surface area contributed by atoms with Crippen molar-refractivity contribution in [3.8, 4) is 28.3 Å². The maximum Gasteiger partial charge on any atom is 0.134 e. The van der Waals surface area contributed by atoms with Crippen LogP contribution in [0.3, 0.4) is 0 Å². The van der Waals surface area contributed by atoms with Crippen LogP contribution in [-0.2, 0) is 5.41 Å². The minimum Gasteiger partial charge on any atom is -0.507 e. The standard InChI is InChI=1S/C18H20N2O/c1-18(2,3)12-10-16(20-11-12)14-7-4-6-13(17(14)21)15-8-5-9-19-15/h4-11,19-21H,1-3H3. The van der Waals surface area contributed by atoms with Gasteiger partial charge in [0, 0.05) is 34.9 Å². The summed E-state index contributed by atoms with van der Waals surface area (Å²) in [6.07, 6.45) is 3.86. The molecule has 0 spiro atoms. The first-order valence-corrected chi connectivity index (χ1v) is 7.12. The molecule has 0 saturated heterocycles. The van der Waals surface area contributed by atoms with Crippen molar-refractivity contribution in [2.45, 2.75) is 26.2 Å². The van der Waals surface area contributed by atoms with E-state index in [9.17, 15) is 5.11 Å². The molecule has 0 radical (unpaired) electrons. The van der Waals surface area contributed by atoms with Gasteiger partial charge in [-0.2, -0.15) is 0 Å². The number of hydrogen-bond acceptors (Lipinski definition) is 1. The second kappa shape index (κ2) is 4.85. The van der Waals surface area contributed by atoms with E-state index in [1.807, 2.05) is 42.7 Å².